The van der Waals surface area contributed by atoms with E-state index in [1.165, 1.54) is 11.8 Å². The predicted molar refractivity (Wildman–Crippen MR) is 68.7 cm³/mol. The summed E-state index contributed by atoms with van der Waals surface area (Å²) in [7, 11) is 3.14. The number of aliphatic carboxylic acids is 1. The summed E-state index contributed by atoms with van der Waals surface area (Å²) in [5.74, 6) is 0.322. The molecule has 2 rings (SSSR count). The molecule has 2 N–H and O–H groups in total. The van der Waals surface area contributed by atoms with Crippen LogP contribution in [0.15, 0.2) is 29.3 Å². The van der Waals surface area contributed by atoms with Crippen LogP contribution in [0.25, 0.3) is 0 Å². The van der Waals surface area contributed by atoms with Gasteiger partial charge in [-0.3, -0.25) is 0 Å². The molecule has 0 bridgehead atoms. The second kappa shape index (κ2) is 5.22. The van der Waals surface area contributed by atoms with E-state index < -0.39 is 5.97 Å². The third kappa shape index (κ3) is 2.38. The molecule has 0 amide bonds. The van der Waals surface area contributed by atoms with Gasteiger partial charge >= 0.3 is 5.97 Å². The highest BCUT2D eigenvalue weighted by atomic mass is 32.2. The Morgan fingerprint density at radius 1 is 1.33 bits per heavy atom. The first kappa shape index (κ1) is 12.6. The predicted octanol–water partition coefficient (Wildman–Crippen LogP) is 1.96. The van der Waals surface area contributed by atoms with Gasteiger partial charge in [0.05, 0.1) is 14.2 Å². The zero-order valence-electron chi connectivity index (χ0n) is 9.97. The highest BCUT2D eigenvalue weighted by Gasteiger charge is 2.23. The molecule has 18 heavy (non-hydrogen) atoms. The molecule has 1 aliphatic rings. The highest BCUT2D eigenvalue weighted by molar-refractivity contribution is 8.02. The summed E-state index contributed by atoms with van der Waals surface area (Å²) in [5, 5.41) is 13.3. The number of carbonyl (C=O) groups is 1. The number of nitrogens with one attached hydrogen (secondary N) is 1. The molecule has 96 valence electrons. The van der Waals surface area contributed by atoms with Crippen molar-refractivity contribution in [2.75, 3.05) is 14.2 Å². The Morgan fingerprint density at radius 3 is 2.61 bits per heavy atom. The van der Waals surface area contributed by atoms with Gasteiger partial charge in [-0.25, -0.2) is 4.79 Å². The SMILES string of the molecule is COc1ccc([C@H]2NC(C(=O)O)=CS2)cc1OC. The second-order valence-electron chi connectivity index (χ2n) is 3.61. The Labute approximate surface area is 109 Å². The Balaban J connectivity index is 2.19. The topological polar surface area (TPSA) is 67.8 Å². The molecule has 0 aliphatic carbocycles. The van der Waals surface area contributed by atoms with Crippen molar-refractivity contribution in [3.63, 3.8) is 0 Å². The maximum atomic E-state index is 10.8. The molecule has 1 aromatic carbocycles. The standard InChI is InChI=1S/C12H13NO4S/c1-16-9-4-3-7(5-10(9)17-2)11-13-8(6-18-11)12(14)15/h3-6,11,13H,1-2H3,(H,14,15)/t11-/m0/s1. The van der Waals surface area contributed by atoms with Crippen LogP contribution in [0.3, 0.4) is 0 Å². The van der Waals surface area contributed by atoms with E-state index >= 15 is 0 Å². The summed E-state index contributed by atoms with van der Waals surface area (Å²) in [5.41, 5.74) is 1.14. The largest absolute Gasteiger partial charge is 0.493 e. The van der Waals surface area contributed by atoms with E-state index in [-0.39, 0.29) is 11.1 Å². The number of hydrogen-bond donors (Lipinski definition) is 2. The van der Waals surface area contributed by atoms with Crippen LogP contribution in [0.1, 0.15) is 10.9 Å². The van der Waals surface area contributed by atoms with Gasteiger partial charge in [0.1, 0.15) is 11.1 Å². The highest BCUT2D eigenvalue weighted by Crippen LogP contribution is 2.37. The Morgan fingerprint density at radius 2 is 2.06 bits per heavy atom. The fraction of sp³-hybridized carbons (Fsp3) is 0.250. The third-order valence-electron chi connectivity index (χ3n) is 2.55. The number of benzene rings is 1. The van der Waals surface area contributed by atoms with Crippen molar-refractivity contribution < 1.29 is 19.4 Å². The minimum atomic E-state index is -0.953. The van der Waals surface area contributed by atoms with Crippen molar-refractivity contribution in [2.45, 2.75) is 5.37 Å². The Bertz CT molecular complexity index is 501. The molecule has 1 atom stereocenters. The lowest BCUT2D eigenvalue weighted by Gasteiger charge is -2.14. The van der Waals surface area contributed by atoms with E-state index in [4.69, 9.17) is 14.6 Å². The van der Waals surface area contributed by atoms with Gasteiger partial charge in [-0.05, 0) is 17.7 Å². The first-order valence-electron chi connectivity index (χ1n) is 5.23. The molecule has 0 saturated heterocycles. The monoisotopic (exact) mass is 267 g/mol. The van der Waals surface area contributed by atoms with Gasteiger partial charge < -0.3 is 19.9 Å². The molecule has 1 heterocycles. The summed E-state index contributed by atoms with van der Waals surface area (Å²) in [4.78, 5) is 10.8. The van der Waals surface area contributed by atoms with Gasteiger partial charge in [-0.15, -0.1) is 11.8 Å². The lowest BCUT2D eigenvalue weighted by molar-refractivity contribution is -0.133. The average Bonchev–Trinajstić information content (AvgIpc) is 2.87. The molecule has 0 radical (unpaired) electrons. The molecule has 1 aliphatic heterocycles. The molecular formula is C12H13NO4S. The molecule has 1 aromatic rings. The van der Waals surface area contributed by atoms with Crippen molar-refractivity contribution in [3.8, 4) is 11.5 Å². The molecular weight excluding hydrogens is 254 g/mol. The summed E-state index contributed by atoms with van der Waals surface area (Å²) < 4.78 is 10.4. The summed E-state index contributed by atoms with van der Waals surface area (Å²) in [6.07, 6.45) is 0. The number of ether oxygens (including phenoxy) is 2. The van der Waals surface area contributed by atoms with Crippen LogP contribution >= 0.6 is 11.8 Å². The Kier molecular flexibility index (Phi) is 3.66. The van der Waals surface area contributed by atoms with Crippen LogP contribution < -0.4 is 14.8 Å². The number of methoxy groups -OCH3 is 2. The van der Waals surface area contributed by atoms with E-state index in [1.54, 1.807) is 25.7 Å². The van der Waals surface area contributed by atoms with Gasteiger partial charge in [0.2, 0.25) is 0 Å². The quantitative estimate of drug-likeness (QED) is 0.869. The van der Waals surface area contributed by atoms with Gasteiger partial charge in [0.25, 0.3) is 0 Å². The third-order valence-corrected chi connectivity index (χ3v) is 3.58. The van der Waals surface area contributed by atoms with E-state index in [9.17, 15) is 4.79 Å². The summed E-state index contributed by atoms with van der Waals surface area (Å²) in [6.45, 7) is 0. The van der Waals surface area contributed by atoms with Crippen LogP contribution in [0.5, 0.6) is 11.5 Å². The molecule has 5 nitrogen and oxygen atoms in total. The first-order chi connectivity index (χ1) is 8.65. The number of rotatable bonds is 4. The molecule has 0 aromatic heterocycles. The van der Waals surface area contributed by atoms with Crippen molar-refractivity contribution in [3.05, 3.63) is 34.9 Å². The van der Waals surface area contributed by atoms with Crippen LogP contribution in [0, 0.1) is 0 Å². The van der Waals surface area contributed by atoms with Crippen molar-refractivity contribution in [1.29, 1.82) is 0 Å². The average molecular weight is 267 g/mol. The maximum Gasteiger partial charge on any atom is 0.352 e. The summed E-state index contributed by atoms with van der Waals surface area (Å²) >= 11 is 1.41. The maximum absolute atomic E-state index is 10.8. The minimum absolute atomic E-state index is 0.115. The van der Waals surface area contributed by atoms with Gasteiger partial charge in [0.15, 0.2) is 11.5 Å². The van der Waals surface area contributed by atoms with E-state index in [0.717, 1.165) is 5.56 Å². The van der Waals surface area contributed by atoms with Crippen LogP contribution in [-0.2, 0) is 4.79 Å². The normalized spacial score (nSPS) is 17.9. The van der Waals surface area contributed by atoms with E-state index in [2.05, 4.69) is 5.32 Å². The zero-order valence-corrected chi connectivity index (χ0v) is 10.8. The van der Waals surface area contributed by atoms with Crippen LogP contribution in [0.2, 0.25) is 0 Å². The van der Waals surface area contributed by atoms with Gasteiger partial charge in [0, 0.05) is 5.41 Å². The van der Waals surface area contributed by atoms with E-state index in [0.29, 0.717) is 11.5 Å². The van der Waals surface area contributed by atoms with Gasteiger partial charge in [-0.1, -0.05) is 6.07 Å². The lowest BCUT2D eigenvalue weighted by atomic mass is 10.2. The van der Waals surface area contributed by atoms with Crippen LogP contribution in [0.4, 0.5) is 0 Å². The number of thioether (sulfide) groups is 1. The smallest absolute Gasteiger partial charge is 0.352 e. The van der Waals surface area contributed by atoms with E-state index in [1.807, 2.05) is 12.1 Å². The molecule has 0 spiro atoms. The van der Waals surface area contributed by atoms with Crippen molar-refractivity contribution in [2.24, 2.45) is 0 Å². The van der Waals surface area contributed by atoms with Crippen LogP contribution in [-0.4, -0.2) is 25.3 Å². The van der Waals surface area contributed by atoms with Crippen molar-refractivity contribution in [1.82, 2.24) is 5.32 Å². The molecule has 0 unspecified atom stereocenters. The lowest BCUT2D eigenvalue weighted by Crippen LogP contribution is -2.18. The minimum Gasteiger partial charge on any atom is -0.493 e. The number of hydrogen-bond acceptors (Lipinski definition) is 5. The number of carboxylic acids is 1. The molecule has 6 heteroatoms. The fourth-order valence-corrected chi connectivity index (χ4v) is 2.58. The first-order valence-corrected chi connectivity index (χ1v) is 6.17. The fourth-order valence-electron chi connectivity index (χ4n) is 1.64. The zero-order chi connectivity index (χ0) is 13.1. The molecule has 0 fully saturated rings. The van der Waals surface area contributed by atoms with Gasteiger partial charge in [-0.2, -0.15) is 0 Å². The summed E-state index contributed by atoms with van der Waals surface area (Å²) in [6, 6.07) is 5.52. The van der Waals surface area contributed by atoms with Crippen molar-refractivity contribution >= 4 is 17.7 Å². The second-order valence-corrected chi connectivity index (χ2v) is 4.59. The number of carboxylic acid groups (broad SMARTS) is 1. The Hall–Kier alpha value is -1.82. The molecule has 0 saturated carbocycles.